The summed E-state index contributed by atoms with van der Waals surface area (Å²) < 4.78 is 0. The predicted octanol–water partition coefficient (Wildman–Crippen LogP) is 2.25. The van der Waals surface area contributed by atoms with Crippen LogP contribution in [0, 0.1) is 6.92 Å². The zero-order valence-corrected chi connectivity index (χ0v) is 11.7. The molecule has 1 aromatic rings. The van der Waals surface area contributed by atoms with Gasteiger partial charge < -0.3 is 16.0 Å². The summed E-state index contributed by atoms with van der Waals surface area (Å²) in [6, 6.07) is 5.50. The number of anilines is 2. The maximum atomic E-state index is 12.1. The maximum Gasteiger partial charge on any atom is 0.244 e. The standard InChI is InChI=1S/C14H23N3O/c1-5-17(6-2)14(18)11(4)16-13-8-10(3)7-12(15)9-13/h7-9,11,16H,5-6,15H2,1-4H3. The molecule has 0 spiro atoms. The van der Waals surface area contributed by atoms with Crippen molar-refractivity contribution in [3.05, 3.63) is 23.8 Å². The third-order valence-electron chi connectivity index (χ3n) is 2.93. The first-order valence-corrected chi connectivity index (χ1v) is 6.40. The van der Waals surface area contributed by atoms with Crippen LogP contribution in [-0.2, 0) is 4.79 Å². The van der Waals surface area contributed by atoms with Crippen LogP contribution in [0.25, 0.3) is 0 Å². The summed E-state index contributed by atoms with van der Waals surface area (Å²) in [6.45, 7) is 9.30. The Bertz CT molecular complexity index is 393. The summed E-state index contributed by atoms with van der Waals surface area (Å²) in [4.78, 5) is 13.9. The highest BCUT2D eigenvalue weighted by Crippen LogP contribution is 2.17. The summed E-state index contributed by atoms with van der Waals surface area (Å²) in [5.41, 5.74) is 8.47. The summed E-state index contributed by atoms with van der Waals surface area (Å²) in [7, 11) is 0. The Balaban J connectivity index is 2.74. The third kappa shape index (κ3) is 3.65. The number of nitrogen functional groups attached to an aromatic ring is 1. The zero-order chi connectivity index (χ0) is 13.7. The van der Waals surface area contributed by atoms with Crippen molar-refractivity contribution in [2.24, 2.45) is 0 Å². The topological polar surface area (TPSA) is 58.4 Å². The van der Waals surface area contributed by atoms with E-state index in [9.17, 15) is 4.79 Å². The van der Waals surface area contributed by atoms with Gasteiger partial charge in [0.1, 0.15) is 6.04 Å². The lowest BCUT2D eigenvalue weighted by Gasteiger charge is -2.24. The van der Waals surface area contributed by atoms with Crippen molar-refractivity contribution in [1.82, 2.24) is 4.90 Å². The number of hydrogen-bond donors (Lipinski definition) is 2. The molecule has 1 unspecified atom stereocenters. The number of nitrogens with zero attached hydrogens (tertiary/aromatic N) is 1. The van der Waals surface area contributed by atoms with E-state index in [0.29, 0.717) is 5.69 Å². The molecule has 100 valence electrons. The molecule has 4 heteroatoms. The first kappa shape index (κ1) is 14.4. The number of nitrogens with two attached hydrogens (primary N) is 1. The minimum absolute atomic E-state index is 0.111. The number of likely N-dealkylation sites (N-methyl/N-ethyl adjacent to an activating group) is 1. The van der Waals surface area contributed by atoms with Gasteiger partial charge in [-0.15, -0.1) is 0 Å². The number of benzene rings is 1. The highest BCUT2D eigenvalue weighted by Gasteiger charge is 2.17. The van der Waals surface area contributed by atoms with Gasteiger partial charge in [0.2, 0.25) is 5.91 Å². The van der Waals surface area contributed by atoms with Crippen LogP contribution in [0.5, 0.6) is 0 Å². The second-order valence-electron chi connectivity index (χ2n) is 4.51. The van der Waals surface area contributed by atoms with Gasteiger partial charge in [0.15, 0.2) is 0 Å². The number of carbonyl (C=O) groups excluding carboxylic acids is 1. The molecule has 0 fully saturated rings. The monoisotopic (exact) mass is 249 g/mol. The lowest BCUT2D eigenvalue weighted by atomic mass is 10.1. The van der Waals surface area contributed by atoms with E-state index in [1.165, 1.54) is 0 Å². The normalized spacial score (nSPS) is 12.0. The van der Waals surface area contributed by atoms with Crippen molar-refractivity contribution < 1.29 is 4.79 Å². The quantitative estimate of drug-likeness (QED) is 0.787. The number of carbonyl (C=O) groups is 1. The van der Waals surface area contributed by atoms with Gasteiger partial charge in [-0.1, -0.05) is 0 Å². The molecule has 1 rings (SSSR count). The fraction of sp³-hybridized carbons (Fsp3) is 0.500. The molecule has 0 aliphatic carbocycles. The molecule has 4 nitrogen and oxygen atoms in total. The number of nitrogens with one attached hydrogen (secondary N) is 1. The van der Waals surface area contributed by atoms with E-state index in [1.54, 1.807) is 0 Å². The van der Waals surface area contributed by atoms with Crippen molar-refractivity contribution in [2.45, 2.75) is 33.7 Å². The number of amides is 1. The van der Waals surface area contributed by atoms with Crippen LogP contribution in [0.15, 0.2) is 18.2 Å². The minimum atomic E-state index is -0.244. The Hall–Kier alpha value is -1.71. The smallest absolute Gasteiger partial charge is 0.244 e. The molecule has 1 aromatic carbocycles. The van der Waals surface area contributed by atoms with Gasteiger partial charge in [0, 0.05) is 24.5 Å². The van der Waals surface area contributed by atoms with E-state index in [0.717, 1.165) is 24.3 Å². The Morgan fingerprint density at radius 1 is 1.33 bits per heavy atom. The zero-order valence-electron chi connectivity index (χ0n) is 11.7. The number of hydrogen-bond acceptors (Lipinski definition) is 3. The Labute approximate surface area is 109 Å². The first-order chi connectivity index (χ1) is 8.47. The van der Waals surface area contributed by atoms with Gasteiger partial charge in [-0.3, -0.25) is 4.79 Å². The fourth-order valence-corrected chi connectivity index (χ4v) is 2.02. The van der Waals surface area contributed by atoms with Crippen molar-refractivity contribution in [1.29, 1.82) is 0 Å². The Morgan fingerprint density at radius 3 is 2.44 bits per heavy atom. The summed E-state index contributed by atoms with van der Waals surface area (Å²) in [5.74, 6) is 0.111. The molecule has 0 heterocycles. The maximum absolute atomic E-state index is 12.1. The Kier molecular flexibility index (Phi) is 5.01. The van der Waals surface area contributed by atoms with E-state index in [4.69, 9.17) is 5.73 Å². The Morgan fingerprint density at radius 2 is 1.94 bits per heavy atom. The van der Waals surface area contributed by atoms with Crippen molar-refractivity contribution in [2.75, 3.05) is 24.1 Å². The first-order valence-electron chi connectivity index (χ1n) is 6.40. The van der Waals surface area contributed by atoms with E-state index in [2.05, 4.69) is 5.32 Å². The van der Waals surface area contributed by atoms with Gasteiger partial charge >= 0.3 is 0 Å². The molecular formula is C14H23N3O. The van der Waals surface area contributed by atoms with E-state index in [1.807, 2.05) is 50.8 Å². The molecule has 0 aromatic heterocycles. The van der Waals surface area contributed by atoms with Crippen LogP contribution >= 0.6 is 0 Å². The van der Waals surface area contributed by atoms with Gasteiger partial charge in [-0.05, 0) is 51.5 Å². The second-order valence-corrected chi connectivity index (χ2v) is 4.51. The minimum Gasteiger partial charge on any atom is -0.399 e. The molecule has 0 saturated carbocycles. The summed E-state index contributed by atoms with van der Waals surface area (Å²) >= 11 is 0. The van der Waals surface area contributed by atoms with Crippen LogP contribution in [0.1, 0.15) is 26.3 Å². The third-order valence-corrected chi connectivity index (χ3v) is 2.93. The van der Waals surface area contributed by atoms with Crippen molar-refractivity contribution >= 4 is 17.3 Å². The average Bonchev–Trinajstić information content (AvgIpc) is 2.28. The molecule has 0 radical (unpaired) electrons. The highest BCUT2D eigenvalue weighted by atomic mass is 16.2. The van der Waals surface area contributed by atoms with Gasteiger partial charge in [0.25, 0.3) is 0 Å². The van der Waals surface area contributed by atoms with Gasteiger partial charge in [-0.2, -0.15) is 0 Å². The molecule has 3 N–H and O–H groups in total. The molecule has 1 atom stereocenters. The van der Waals surface area contributed by atoms with Crippen LogP contribution in [0.4, 0.5) is 11.4 Å². The second kappa shape index (κ2) is 6.28. The molecule has 1 amide bonds. The molecule has 0 aliphatic rings. The lowest BCUT2D eigenvalue weighted by molar-refractivity contribution is -0.131. The van der Waals surface area contributed by atoms with Gasteiger partial charge in [0.05, 0.1) is 0 Å². The average molecular weight is 249 g/mol. The summed E-state index contributed by atoms with van der Waals surface area (Å²) in [5, 5.41) is 3.20. The SMILES string of the molecule is CCN(CC)C(=O)C(C)Nc1cc(C)cc(N)c1. The van der Waals surface area contributed by atoms with E-state index in [-0.39, 0.29) is 11.9 Å². The van der Waals surface area contributed by atoms with Crippen LogP contribution in [0.3, 0.4) is 0 Å². The van der Waals surface area contributed by atoms with E-state index < -0.39 is 0 Å². The van der Waals surface area contributed by atoms with Crippen molar-refractivity contribution in [3.8, 4) is 0 Å². The number of rotatable bonds is 5. The predicted molar refractivity (Wildman–Crippen MR) is 76.6 cm³/mol. The molecule has 0 aliphatic heterocycles. The highest BCUT2D eigenvalue weighted by molar-refractivity contribution is 5.84. The molecule has 0 saturated heterocycles. The van der Waals surface area contributed by atoms with Crippen LogP contribution < -0.4 is 11.1 Å². The van der Waals surface area contributed by atoms with Crippen LogP contribution in [-0.4, -0.2) is 29.9 Å². The fourth-order valence-electron chi connectivity index (χ4n) is 2.02. The van der Waals surface area contributed by atoms with Crippen molar-refractivity contribution in [3.63, 3.8) is 0 Å². The largest absolute Gasteiger partial charge is 0.399 e. The lowest BCUT2D eigenvalue weighted by Crippen LogP contribution is -2.41. The molecular weight excluding hydrogens is 226 g/mol. The van der Waals surface area contributed by atoms with E-state index >= 15 is 0 Å². The summed E-state index contributed by atoms with van der Waals surface area (Å²) in [6.07, 6.45) is 0. The number of aryl methyl sites for hydroxylation is 1. The van der Waals surface area contributed by atoms with Crippen LogP contribution in [0.2, 0.25) is 0 Å². The van der Waals surface area contributed by atoms with Gasteiger partial charge in [-0.25, -0.2) is 0 Å². The molecule has 0 bridgehead atoms. The molecule has 18 heavy (non-hydrogen) atoms.